The maximum absolute atomic E-state index is 4.18. The lowest BCUT2D eigenvalue weighted by molar-refractivity contribution is 0.432. The van der Waals surface area contributed by atoms with E-state index in [4.69, 9.17) is 0 Å². The molecule has 1 aliphatic rings. The minimum Gasteiger partial charge on any atom is -0.313 e. The van der Waals surface area contributed by atoms with E-state index in [0.29, 0.717) is 12.1 Å². The van der Waals surface area contributed by atoms with Crippen molar-refractivity contribution in [2.45, 2.75) is 58.7 Å². The highest BCUT2D eigenvalue weighted by Gasteiger charge is 2.25. The van der Waals surface area contributed by atoms with Gasteiger partial charge >= 0.3 is 0 Å². The molecule has 0 amide bonds. The molecule has 1 unspecified atom stereocenters. The predicted octanol–water partition coefficient (Wildman–Crippen LogP) is 2.14. The van der Waals surface area contributed by atoms with Gasteiger partial charge in [0.2, 0.25) is 0 Å². The van der Waals surface area contributed by atoms with E-state index in [1.54, 1.807) is 0 Å². The van der Waals surface area contributed by atoms with Gasteiger partial charge in [-0.15, -0.1) is 10.2 Å². The van der Waals surface area contributed by atoms with Gasteiger partial charge in [0, 0.05) is 12.1 Å². The Kier molecular flexibility index (Phi) is 3.59. The molecule has 1 N–H and O–H groups in total. The molecule has 0 radical (unpaired) electrons. The van der Waals surface area contributed by atoms with Crippen molar-refractivity contribution in [3.05, 3.63) is 12.2 Å². The van der Waals surface area contributed by atoms with Crippen LogP contribution in [0.15, 0.2) is 6.33 Å². The van der Waals surface area contributed by atoms with Crippen LogP contribution in [0.4, 0.5) is 0 Å². The first kappa shape index (κ1) is 11.6. The largest absolute Gasteiger partial charge is 0.313 e. The van der Waals surface area contributed by atoms with E-state index in [9.17, 15) is 0 Å². The lowest BCUT2D eigenvalue weighted by atomic mass is 10.1. The normalized spacial score (nSPS) is 18.0. The number of nitrogens with one attached hydrogen (secondary N) is 1. The molecule has 0 spiro atoms. The maximum atomic E-state index is 4.18. The highest BCUT2D eigenvalue weighted by Crippen LogP contribution is 2.35. The van der Waals surface area contributed by atoms with Crippen molar-refractivity contribution in [1.82, 2.24) is 20.1 Å². The molecule has 0 saturated heterocycles. The van der Waals surface area contributed by atoms with E-state index in [0.717, 1.165) is 18.3 Å². The van der Waals surface area contributed by atoms with Crippen molar-refractivity contribution in [1.29, 1.82) is 0 Å². The van der Waals surface area contributed by atoms with Crippen molar-refractivity contribution >= 4 is 0 Å². The summed E-state index contributed by atoms with van der Waals surface area (Å²) in [6, 6.07) is 1.22. The molecule has 1 atom stereocenters. The van der Waals surface area contributed by atoms with Crippen molar-refractivity contribution < 1.29 is 0 Å². The zero-order valence-electron chi connectivity index (χ0n) is 10.5. The van der Waals surface area contributed by atoms with Crippen LogP contribution in [0.3, 0.4) is 0 Å². The number of hydrogen-bond donors (Lipinski definition) is 1. The highest BCUT2D eigenvalue weighted by molar-refractivity contribution is 4.94. The Morgan fingerprint density at radius 1 is 1.44 bits per heavy atom. The van der Waals surface area contributed by atoms with Crippen LogP contribution in [0.25, 0.3) is 0 Å². The number of hydrogen-bond acceptors (Lipinski definition) is 3. The van der Waals surface area contributed by atoms with Crippen LogP contribution < -0.4 is 5.32 Å². The van der Waals surface area contributed by atoms with Gasteiger partial charge in [-0.05, 0) is 32.1 Å². The van der Waals surface area contributed by atoms with E-state index < -0.39 is 0 Å². The second kappa shape index (κ2) is 4.95. The zero-order valence-corrected chi connectivity index (χ0v) is 10.5. The Balaban J connectivity index is 1.82. The van der Waals surface area contributed by atoms with Crippen molar-refractivity contribution in [2.75, 3.05) is 0 Å². The zero-order chi connectivity index (χ0) is 11.5. The maximum Gasteiger partial charge on any atom is 0.147 e. The fraction of sp³-hybridized carbons (Fsp3) is 0.833. The van der Waals surface area contributed by atoms with E-state index in [1.165, 1.54) is 19.3 Å². The quantitative estimate of drug-likeness (QED) is 0.802. The van der Waals surface area contributed by atoms with Gasteiger partial charge in [0.1, 0.15) is 12.2 Å². The van der Waals surface area contributed by atoms with Crippen LogP contribution in [0, 0.1) is 5.92 Å². The molecule has 1 aliphatic carbocycles. The minimum atomic E-state index is 0.546. The van der Waals surface area contributed by atoms with E-state index in [1.807, 2.05) is 6.33 Å². The summed E-state index contributed by atoms with van der Waals surface area (Å²) in [6.07, 6.45) is 5.64. The van der Waals surface area contributed by atoms with Gasteiger partial charge in [0.25, 0.3) is 0 Å². The Labute approximate surface area is 97.5 Å². The van der Waals surface area contributed by atoms with Gasteiger partial charge in [-0.3, -0.25) is 0 Å². The summed E-state index contributed by atoms with van der Waals surface area (Å²) in [5.41, 5.74) is 0. The summed E-state index contributed by atoms with van der Waals surface area (Å²) in [6.45, 7) is 7.58. The average Bonchev–Trinajstić information content (AvgIpc) is 2.94. The second-order valence-corrected chi connectivity index (χ2v) is 5.30. The number of aromatic nitrogens is 3. The van der Waals surface area contributed by atoms with Gasteiger partial charge in [-0.2, -0.15) is 0 Å². The van der Waals surface area contributed by atoms with Crippen LogP contribution in [-0.4, -0.2) is 20.8 Å². The number of nitrogens with zero attached hydrogens (tertiary/aromatic N) is 3. The molecule has 4 nitrogen and oxygen atoms in total. The fourth-order valence-electron chi connectivity index (χ4n) is 2.11. The summed E-state index contributed by atoms with van der Waals surface area (Å²) in [5.74, 6) is 1.82. The molecule has 1 heterocycles. The molecule has 0 bridgehead atoms. The Morgan fingerprint density at radius 2 is 2.19 bits per heavy atom. The molecule has 1 fully saturated rings. The van der Waals surface area contributed by atoms with Gasteiger partial charge in [-0.25, -0.2) is 0 Å². The van der Waals surface area contributed by atoms with Crippen LogP contribution >= 0.6 is 0 Å². The van der Waals surface area contributed by atoms with Crippen molar-refractivity contribution in [3.8, 4) is 0 Å². The van der Waals surface area contributed by atoms with E-state index >= 15 is 0 Å². The molecular weight excluding hydrogens is 200 g/mol. The summed E-state index contributed by atoms with van der Waals surface area (Å²) < 4.78 is 2.22. The Bertz CT molecular complexity index is 328. The van der Waals surface area contributed by atoms with Gasteiger partial charge in [0.15, 0.2) is 0 Å². The first-order valence-electron chi connectivity index (χ1n) is 6.28. The molecule has 90 valence electrons. The Morgan fingerprint density at radius 3 is 2.81 bits per heavy atom. The topological polar surface area (TPSA) is 42.7 Å². The molecule has 0 aliphatic heterocycles. The van der Waals surface area contributed by atoms with Crippen LogP contribution in [0.2, 0.25) is 0 Å². The average molecular weight is 222 g/mol. The summed E-state index contributed by atoms with van der Waals surface area (Å²) in [5, 5.41) is 11.7. The van der Waals surface area contributed by atoms with Crippen LogP contribution in [0.1, 0.15) is 51.9 Å². The smallest absolute Gasteiger partial charge is 0.147 e. The molecule has 1 aromatic heterocycles. The van der Waals surface area contributed by atoms with Gasteiger partial charge in [0.05, 0.1) is 6.54 Å². The lowest BCUT2D eigenvalue weighted by Gasteiger charge is -2.15. The van der Waals surface area contributed by atoms with Crippen LogP contribution in [-0.2, 0) is 6.54 Å². The number of rotatable bonds is 6. The van der Waals surface area contributed by atoms with Gasteiger partial charge in [-0.1, -0.05) is 13.8 Å². The van der Waals surface area contributed by atoms with Gasteiger partial charge < -0.3 is 9.88 Å². The summed E-state index contributed by atoms with van der Waals surface area (Å²) >= 11 is 0. The first-order valence-corrected chi connectivity index (χ1v) is 6.28. The van der Waals surface area contributed by atoms with E-state index in [2.05, 4.69) is 40.9 Å². The molecule has 0 aromatic carbocycles. The predicted molar refractivity (Wildman–Crippen MR) is 64.0 cm³/mol. The SMILES string of the molecule is CC(C)CC(C)NCc1nncn1C1CC1. The molecule has 1 saturated carbocycles. The lowest BCUT2D eigenvalue weighted by Crippen LogP contribution is -2.28. The summed E-state index contributed by atoms with van der Waals surface area (Å²) in [4.78, 5) is 0. The van der Waals surface area contributed by atoms with E-state index in [-0.39, 0.29) is 0 Å². The molecule has 1 aromatic rings. The third-order valence-electron chi connectivity index (χ3n) is 3.02. The third kappa shape index (κ3) is 3.04. The third-order valence-corrected chi connectivity index (χ3v) is 3.02. The molecule has 16 heavy (non-hydrogen) atoms. The van der Waals surface area contributed by atoms with Crippen molar-refractivity contribution in [3.63, 3.8) is 0 Å². The second-order valence-electron chi connectivity index (χ2n) is 5.30. The molecular formula is C12H22N4. The standard InChI is InChI=1S/C12H22N4/c1-9(2)6-10(3)13-7-12-15-14-8-16(12)11-4-5-11/h8-11,13H,4-7H2,1-3H3. The fourth-order valence-corrected chi connectivity index (χ4v) is 2.11. The minimum absolute atomic E-state index is 0.546. The molecule has 4 heteroatoms. The van der Waals surface area contributed by atoms with Crippen LogP contribution in [0.5, 0.6) is 0 Å². The highest BCUT2D eigenvalue weighted by atomic mass is 15.3. The first-order chi connectivity index (χ1) is 7.66. The van der Waals surface area contributed by atoms with Crippen molar-refractivity contribution in [2.24, 2.45) is 5.92 Å². The monoisotopic (exact) mass is 222 g/mol. The summed E-state index contributed by atoms with van der Waals surface area (Å²) in [7, 11) is 0. The Hall–Kier alpha value is -0.900. The molecule has 2 rings (SSSR count).